The van der Waals surface area contributed by atoms with E-state index in [-0.39, 0.29) is 11.8 Å². The Bertz CT molecular complexity index is 1140. The van der Waals surface area contributed by atoms with Crippen LogP contribution in [0, 0.1) is 6.92 Å². The van der Waals surface area contributed by atoms with Crippen LogP contribution in [0.2, 0.25) is 0 Å². The third-order valence-corrected chi connectivity index (χ3v) is 6.24. The third kappa shape index (κ3) is 6.38. The number of rotatable bonds is 9. The number of benzene rings is 1. The maximum Gasteiger partial charge on any atom is 0.281 e. The number of nitrogens with zero attached hydrogens (tertiary/aromatic N) is 4. The van der Waals surface area contributed by atoms with Gasteiger partial charge in [-0.2, -0.15) is 4.99 Å². The van der Waals surface area contributed by atoms with Crippen LogP contribution in [0.3, 0.4) is 0 Å². The predicted octanol–water partition coefficient (Wildman–Crippen LogP) is 4.03. The van der Waals surface area contributed by atoms with Crippen LogP contribution < -0.4 is 15.0 Å². The molecular formula is C25H31N5O2S. The predicted molar refractivity (Wildman–Crippen MR) is 133 cm³/mol. The summed E-state index contributed by atoms with van der Waals surface area (Å²) < 4.78 is 2.05. The Morgan fingerprint density at radius 3 is 2.45 bits per heavy atom. The smallest absolute Gasteiger partial charge is 0.281 e. The molecule has 0 aliphatic carbocycles. The van der Waals surface area contributed by atoms with Gasteiger partial charge in [0.05, 0.1) is 11.3 Å². The highest BCUT2D eigenvalue weighted by Gasteiger charge is 2.12. The summed E-state index contributed by atoms with van der Waals surface area (Å²) in [7, 11) is 0. The molecule has 0 spiro atoms. The Labute approximate surface area is 198 Å². The highest BCUT2D eigenvalue weighted by molar-refractivity contribution is 7.07. The van der Waals surface area contributed by atoms with E-state index in [1.165, 1.54) is 23.9 Å². The number of carbonyl (C=O) groups excluding carboxylic acids is 2. The molecular weight excluding hydrogens is 434 g/mol. The quantitative estimate of drug-likeness (QED) is 0.484. The first-order chi connectivity index (χ1) is 15.9. The summed E-state index contributed by atoms with van der Waals surface area (Å²) in [5.41, 5.74) is 4.56. The Kier molecular flexibility index (Phi) is 8.54. The number of hydrogen-bond acceptors (Lipinski definition) is 5. The number of carbonyl (C=O) groups is 2. The van der Waals surface area contributed by atoms with Crippen molar-refractivity contribution >= 4 is 28.8 Å². The first-order valence-corrected chi connectivity index (χ1v) is 12.1. The summed E-state index contributed by atoms with van der Waals surface area (Å²) in [6.45, 7) is 10.8. The lowest BCUT2D eigenvalue weighted by atomic mass is 10.1. The zero-order valence-electron chi connectivity index (χ0n) is 19.7. The molecule has 3 rings (SSSR count). The molecule has 0 radical (unpaired) electrons. The maximum absolute atomic E-state index is 12.8. The fourth-order valence-corrected chi connectivity index (χ4v) is 4.48. The van der Waals surface area contributed by atoms with Gasteiger partial charge in [-0.05, 0) is 57.0 Å². The summed E-state index contributed by atoms with van der Waals surface area (Å²) in [6, 6.07) is 12.0. The molecule has 1 aromatic carbocycles. The number of nitrogens with one attached hydrogen (secondary N) is 1. The largest absolute Gasteiger partial charge is 0.372 e. The molecule has 0 saturated heterocycles. The average Bonchev–Trinajstić information content (AvgIpc) is 3.20. The normalized spacial score (nSPS) is 11.5. The molecule has 174 valence electrons. The molecule has 0 bridgehead atoms. The second-order valence-corrected chi connectivity index (χ2v) is 8.55. The van der Waals surface area contributed by atoms with Crippen LogP contribution in [0.1, 0.15) is 43.2 Å². The number of aromatic nitrogens is 2. The number of anilines is 1. The van der Waals surface area contributed by atoms with Crippen molar-refractivity contribution in [3.8, 4) is 11.3 Å². The molecule has 7 nitrogen and oxygen atoms in total. The number of thiazole rings is 1. The average molecular weight is 466 g/mol. The minimum atomic E-state index is -0.316. The zero-order chi connectivity index (χ0) is 23.8. The van der Waals surface area contributed by atoms with Crippen LogP contribution in [0.4, 0.5) is 5.69 Å². The Morgan fingerprint density at radius 1 is 1.12 bits per heavy atom. The molecule has 0 saturated carbocycles. The highest BCUT2D eigenvalue weighted by Crippen LogP contribution is 2.24. The molecule has 1 N–H and O–H groups in total. The summed E-state index contributed by atoms with van der Waals surface area (Å²) in [5.74, 6) is -0.368. The minimum Gasteiger partial charge on any atom is -0.372 e. The molecule has 0 fully saturated rings. The molecule has 0 aliphatic rings. The molecule has 2 aromatic heterocycles. The van der Waals surface area contributed by atoms with Crippen LogP contribution in [0.5, 0.6) is 0 Å². The summed E-state index contributed by atoms with van der Waals surface area (Å²) in [6.07, 6.45) is 2.29. The van der Waals surface area contributed by atoms with Crippen molar-refractivity contribution in [3.05, 3.63) is 64.0 Å². The standard InChI is InChI=1S/C25H31N5O2S/c1-5-29(6-2)22-12-10-20(11-13-22)23-17-33-25(30(23)15-7-14-26-19(4)31)28-24(32)21-9-8-18(3)27-16-21/h8-13,16-17H,5-7,14-15H2,1-4H3,(H,26,31). The number of aryl methyl sites for hydroxylation is 1. The topological polar surface area (TPSA) is 79.6 Å². The Balaban J connectivity index is 1.94. The van der Waals surface area contributed by atoms with E-state index in [2.05, 4.69) is 62.9 Å². The number of pyridine rings is 1. The van der Waals surface area contributed by atoms with E-state index in [0.717, 1.165) is 36.5 Å². The van der Waals surface area contributed by atoms with E-state index in [0.29, 0.717) is 23.5 Å². The summed E-state index contributed by atoms with van der Waals surface area (Å²) in [5, 5.41) is 4.86. The lowest BCUT2D eigenvalue weighted by Gasteiger charge is -2.21. The van der Waals surface area contributed by atoms with Gasteiger partial charge in [-0.25, -0.2) is 0 Å². The van der Waals surface area contributed by atoms with Crippen molar-refractivity contribution in [2.24, 2.45) is 4.99 Å². The van der Waals surface area contributed by atoms with E-state index in [4.69, 9.17) is 0 Å². The summed E-state index contributed by atoms with van der Waals surface area (Å²) >= 11 is 1.44. The fraction of sp³-hybridized carbons (Fsp3) is 0.360. The van der Waals surface area contributed by atoms with Gasteiger partial charge in [0, 0.05) is 56.1 Å². The van der Waals surface area contributed by atoms with Crippen molar-refractivity contribution in [2.75, 3.05) is 24.5 Å². The van der Waals surface area contributed by atoms with Crippen molar-refractivity contribution in [2.45, 2.75) is 40.7 Å². The van der Waals surface area contributed by atoms with Gasteiger partial charge in [0.25, 0.3) is 5.91 Å². The van der Waals surface area contributed by atoms with Gasteiger partial charge in [-0.1, -0.05) is 12.1 Å². The number of hydrogen-bond donors (Lipinski definition) is 1. The van der Waals surface area contributed by atoms with E-state index >= 15 is 0 Å². The maximum atomic E-state index is 12.8. The van der Waals surface area contributed by atoms with Crippen molar-refractivity contribution < 1.29 is 9.59 Å². The molecule has 3 aromatic rings. The monoisotopic (exact) mass is 465 g/mol. The van der Waals surface area contributed by atoms with Crippen LogP contribution >= 0.6 is 11.3 Å². The van der Waals surface area contributed by atoms with Gasteiger partial charge < -0.3 is 14.8 Å². The third-order valence-electron chi connectivity index (χ3n) is 5.38. The molecule has 0 atom stereocenters. The molecule has 2 amide bonds. The van der Waals surface area contributed by atoms with E-state index in [9.17, 15) is 9.59 Å². The van der Waals surface area contributed by atoms with Gasteiger partial charge in [-0.15, -0.1) is 11.3 Å². The van der Waals surface area contributed by atoms with Gasteiger partial charge >= 0.3 is 0 Å². The van der Waals surface area contributed by atoms with E-state index in [1.54, 1.807) is 12.3 Å². The first-order valence-electron chi connectivity index (χ1n) is 11.2. The second-order valence-electron chi connectivity index (χ2n) is 7.72. The van der Waals surface area contributed by atoms with Gasteiger partial charge in [0.2, 0.25) is 5.91 Å². The first kappa shape index (κ1) is 24.4. The van der Waals surface area contributed by atoms with E-state index < -0.39 is 0 Å². The SMILES string of the molecule is CCN(CC)c1ccc(-c2csc(=NC(=O)c3ccc(C)nc3)n2CCCNC(C)=O)cc1. The Hall–Kier alpha value is -3.26. The lowest BCUT2D eigenvalue weighted by Crippen LogP contribution is -2.24. The van der Waals surface area contributed by atoms with Crippen LogP contribution in [-0.2, 0) is 11.3 Å². The molecule has 0 unspecified atom stereocenters. The fourth-order valence-electron chi connectivity index (χ4n) is 3.54. The highest BCUT2D eigenvalue weighted by atomic mass is 32.1. The van der Waals surface area contributed by atoms with Crippen molar-refractivity contribution in [3.63, 3.8) is 0 Å². The van der Waals surface area contributed by atoms with Gasteiger partial charge in [-0.3, -0.25) is 14.6 Å². The van der Waals surface area contributed by atoms with E-state index in [1.807, 2.05) is 18.4 Å². The molecule has 8 heteroatoms. The zero-order valence-corrected chi connectivity index (χ0v) is 20.5. The molecule has 33 heavy (non-hydrogen) atoms. The van der Waals surface area contributed by atoms with Crippen LogP contribution in [0.15, 0.2) is 53.0 Å². The second kappa shape index (κ2) is 11.6. The van der Waals surface area contributed by atoms with Gasteiger partial charge in [0.1, 0.15) is 0 Å². The van der Waals surface area contributed by atoms with Crippen molar-refractivity contribution in [1.82, 2.24) is 14.9 Å². The minimum absolute atomic E-state index is 0.0514. The Morgan fingerprint density at radius 2 is 1.85 bits per heavy atom. The van der Waals surface area contributed by atoms with Crippen LogP contribution in [-0.4, -0.2) is 41.0 Å². The lowest BCUT2D eigenvalue weighted by molar-refractivity contribution is -0.118. The summed E-state index contributed by atoms with van der Waals surface area (Å²) in [4.78, 5) is 35.5. The van der Waals surface area contributed by atoms with Gasteiger partial charge in [0.15, 0.2) is 4.80 Å². The molecule has 2 heterocycles. The van der Waals surface area contributed by atoms with Crippen molar-refractivity contribution in [1.29, 1.82) is 0 Å². The number of amides is 2. The van der Waals surface area contributed by atoms with Crippen LogP contribution in [0.25, 0.3) is 11.3 Å². The molecule has 0 aliphatic heterocycles.